The molecule has 0 aromatic heterocycles. The fourth-order valence-corrected chi connectivity index (χ4v) is 3.17. The van der Waals surface area contributed by atoms with Crippen LogP contribution in [0.3, 0.4) is 0 Å². The first-order chi connectivity index (χ1) is 15.5. The maximum absolute atomic E-state index is 13.6. The van der Waals surface area contributed by atoms with Crippen LogP contribution >= 0.6 is 0 Å². The normalized spacial score (nSPS) is 15.8. The molecule has 1 N–H and O–H groups in total. The third kappa shape index (κ3) is 5.53. The molecule has 0 radical (unpaired) electrons. The number of hydrogen-bond donors (Lipinski definition) is 1. The predicted octanol–water partition coefficient (Wildman–Crippen LogP) is 3.54. The smallest absolute Gasteiger partial charge is 0.422 e. The van der Waals surface area contributed by atoms with Crippen LogP contribution < -0.4 is 15.0 Å². The van der Waals surface area contributed by atoms with E-state index in [0.717, 1.165) is 29.2 Å². The van der Waals surface area contributed by atoms with Crippen LogP contribution in [0.1, 0.15) is 12.0 Å². The van der Waals surface area contributed by atoms with Crippen LogP contribution in [0.4, 0.5) is 34.6 Å². The molecule has 1 atom stereocenters. The minimum atomic E-state index is -4.59. The van der Waals surface area contributed by atoms with E-state index in [1.807, 2.05) is 0 Å². The van der Waals surface area contributed by atoms with Crippen molar-refractivity contribution in [3.8, 4) is 11.8 Å². The molecule has 1 unspecified atom stereocenters. The molecular weight excluding hydrogens is 452 g/mol. The third-order valence-electron chi connectivity index (χ3n) is 4.69. The number of carbonyl (C=O) groups is 2. The Labute approximate surface area is 183 Å². The Kier molecular flexibility index (Phi) is 6.47. The van der Waals surface area contributed by atoms with Crippen LogP contribution in [0.15, 0.2) is 36.4 Å². The molecule has 0 saturated carbocycles. The molecule has 3 rings (SSSR count). The van der Waals surface area contributed by atoms with Gasteiger partial charge in [-0.05, 0) is 30.3 Å². The van der Waals surface area contributed by atoms with Gasteiger partial charge in [0.05, 0.1) is 22.1 Å². The number of ether oxygens (including phenoxy) is 1. The highest BCUT2D eigenvalue weighted by atomic mass is 19.4. The molecule has 1 aliphatic rings. The van der Waals surface area contributed by atoms with Gasteiger partial charge in [0.15, 0.2) is 6.61 Å². The van der Waals surface area contributed by atoms with Gasteiger partial charge in [0, 0.05) is 24.7 Å². The van der Waals surface area contributed by atoms with Gasteiger partial charge in [0.25, 0.3) is 0 Å². The van der Waals surface area contributed by atoms with E-state index >= 15 is 0 Å². The lowest BCUT2D eigenvalue weighted by molar-refractivity contribution is -0.387. The summed E-state index contributed by atoms with van der Waals surface area (Å²) in [7, 11) is 0. The predicted molar refractivity (Wildman–Crippen MR) is 105 cm³/mol. The molecule has 1 heterocycles. The molecule has 1 aliphatic heterocycles. The first kappa shape index (κ1) is 23.5. The average molecular weight is 466 g/mol. The minimum absolute atomic E-state index is 0.0568. The molecule has 2 amide bonds. The summed E-state index contributed by atoms with van der Waals surface area (Å²) >= 11 is 0. The number of nitrogens with zero attached hydrogens (tertiary/aromatic N) is 3. The van der Waals surface area contributed by atoms with E-state index in [4.69, 9.17) is 5.26 Å². The monoisotopic (exact) mass is 466 g/mol. The lowest BCUT2D eigenvalue weighted by Gasteiger charge is -2.17. The molecule has 9 nitrogen and oxygen atoms in total. The number of alkyl halides is 3. The Balaban J connectivity index is 1.70. The summed E-state index contributed by atoms with van der Waals surface area (Å²) in [4.78, 5) is 36.0. The summed E-state index contributed by atoms with van der Waals surface area (Å²) in [6, 6.07) is 8.07. The van der Waals surface area contributed by atoms with Crippen LogP contribution in [0, 0.1) is 33.2 Å². The van der Waals surface area contributed by atoms with Gasteiger partial charge >= 0.3 is 11.9 Å². The molecule has 172 valence electrons. The summed E-state index contributed by atoms with van der Waals surface area (Å²) in [6.45, 7) is -1.72. The summed E-state index contributed by atoms with van der Waals surface area (Å²) in [5.41, 5.74) is -0.898. The minimum Gasteiger partial charge on any atom is -0.483 e. The van der Waals surface area contributed by atoms with Gasteiger partial charge in [0.1, 0.15) is 11.8 Å². The highest BCUT2D eigenvalue weighted by molar-refractivity contribution is 6.03. The van der Waals surface area contributed by atoms with Crippen molar-refractivity contribution in [2.24, 2.45) is 5.92 Å². The van der Waals surface area contributed by atoms with Crippen LogP contribution in [-0.2, 0) is 9.59 Å². The molecule has 13 heteroatoms. The van der Waals surface area contributed by atoms with E-state index in [1.165, 1.54) is 12.1 Å². The average Bonchev–Trinajstić information content (AvgIpc) is 3.14. The molecule has 2 aromatic rings. The number of benzene rings is 2. The van der Waals surface area contributed by atoms with Crippen molar-refractivity contribution >= 4 is 28.9 Å². The quantitative estimate of drug-likeness (QED) is 0.394. The zero-order valence-electron chi connectivity index (χ0n) is 16.6. The fraction of sp³-hybridized carbons (Fsp3) is 0.250. The number of amides is 2. The van der Waals surface area contributed by atoms with E-state index in [1.54, 1.807) is 6.07 Å². The zero-order valence-corrected chi connectivity index (χ0v) is 16.6. The molecule has 1 fully saturated rings. The number of carbonyl (C=O) groups excluding carboxylic acids is 2. The number of nitrogens with one attached hydrogen (secondary N) is 1. The first-order valence-corrected chi connectivity index (χ1v) is 9.27. The summed E-state index contributed by atoms with van der Waals surface area (Å²) in [5.74, 6) is -3.37. The lowest BCUT2D eigenvalue weighted by Crippen LogP contribution is -2.28. The number of halogens is 4. The Morgan fingerprint density at radius 3 is 2.67 bits per heavy atom. The second-order valence-electron chi connectivity index (χ2n) is 7.01. The lowest BCUT2D eigenvalue weighted by atomic mass is 10.1. The van der Waals surface area contributed by atoms with Crippen molar-refractivity contribution in [1.29, 1.82) is 5.26 Å². The largest absolute Gasteiger partial charge is 0.483 e. The Hall–Kier alpha value is -4.21. The number of nitro groups is 1. The van der Waals surface area contributed by atoms with Crippen LogP contribution in [-0.4, -0.2) is 36.1 Å². The molecule has 33 heavy (non-hydrogen) atoms. The van der Waals surface area contributed by atoms with Crippen molar-refractivity contribution in [3.05, 3.63) is 57.9 Å². The zero-order chi connectivity index (χ0) is 24.3. The van der Waals surface area contributed by atoms with Crippen molar-refractivity contribution in [3.63, 3.8) is 0 Å². The van der Waals surface area contributed by atoms with E-state index < -0.39 is 46.9 Å². The van der Waals surface area contributed by atoms with Gasteiger partial charge in [-0.2, -0.15) is 22.8 Å². The van der Waals surface area contributed by atoms with E-state index in [9.17, 15) is 37.3 Å². The Morgan fingerprint density at radius 1 is 1.30 bits per heavy atom. The fourth-order valence-electron chi connectivity index (χ4n) is 3.17. The molecule has 2 aromatic carbocycles. The second-order valence-corrected chi connectivity index (χ2v) is 7.01. The number of anilines is 2. The van der Waals surface area contributed by atoms with Crippen molar-refractivity contribution in [2.45, 2.75) is 12.6 Å². The van der Waals surface area contributed by atoms with E-state index in [0.29, 0.717) is 0 Å². The standard InChI is InChI=1S/C20H14F4N4O5/c21-15-3-2-14(7-16(15)28(31)32)27-9-12(6-18(27)29)19(30)26-13-1-4-17(11(5-13)8-25)33-10-20(22,23)24/h1-5,7,12H,6,9-10H2,(H,26,30). The topological polar surface area (TPSA) is 126 Å². The molecule has 0 aliphatic carbocycles. The highest BCUT2D eigenvalue weighted by Gasteiger charge is 2.36. The van der Waals surface area contributed by atoms with Gasteiger partial charge < -0.3 is 15.0 Å². The summed E-state index contributed by atoms with van der Waals surface area (Å²) < 4.78 is 55.1. The Bertz CT molecular complexity index is 1160. The number of nitro benzene ring substituents is 1. The van der Waals surface area contributed by atoms with Crippen LogP contribution in [0.5, 0.6) is 5.75 Å². The molecule has 0 bridgehead atoms. The number of rotatable bonds is 6. The molecular formula is C20H14F4N4O5. The van der Waals surface area contributed by atoms with Crippen molar-refractivity contribution < 1.29 is 36.8 Å². The number of nitriles is 1. The molecule has 1 saturated heterocycles. The van der Waals surface area contributed by atoms with E-state index in [2.05, 4.69) is 10.1 Å². The first-order valence-electron chi connectivity index (χ1n) is 9.27. The molecule has 0 spiro atoms. The maximum atomic E-state index is 13.6. The maximum Gasteiger partial charge on any atom is 0.422 e. The van der Waals surface area contributed by atoms with E-state index in [-0.39, 0.29) is 35.7 Å². The highest BCUT2D eigenvalue weighted by Crippen LogP contribution is 2.31. The van der Waals surface area contributed by atoms with Crippen molar-refractivity contribution in [1.82, 2.24) is 0 Å². The van der Waals surface area contributed by atoms with Gasteiger partial charge in [-0.25, -0.2) is 0 Å². The van der Waals surface area contributed by atoms with Crippen LogP contribution in [0.2, 0.25) is 0 Å². The summed E-state index contributed by atoms with van der Waals surface area (Å²) in [6.07, 6.45) is -4.82. The number of hydrogen-bond acceptors (Lipinski definition) is 6. The van der Waals surface area contributed by atoms with Crippen LogP contribution in [0.25, 0.3) is 0 Å². The van der Waals surface area contributed by atoms with Gasteiger partial charge in [-0.1, -0.05) is 0 Å². The Morgan fingerprint density at radius 2 is 2.03 bits per heavy atom. The second kappa shape index (κ2) is 9.11. The SMILES string of the molecule is N#Cc1cc(NC(=O)C2CC(=O)N(c3ccc(F)c([N+](=O)[O-])c3)C2)ccc1OCC(F)(F)F. The summed E-state index contributed by atoms with van der Waals surface area (Å²) in [5, 5.41) is 22.5. The van der Waals surface area contributed by atoms with Gasteiger partial charge in [0.2, 0.25) is 17.6 Å². The van der Waals surface area contributed by atoms with Gasteiger partial charge in [-0.15, -0.1) is 0 Å². The van der Waals surface area contributed by atoms with Crippen molar-refractivity contribution in [2.75, 3.05) is 23.4 Å². The third-order valence-corrected chi connectivity index (χ3v) is 4.69. The van der Waals surface area contributed by atoms with Gasteiger partial charge in [-0.3, -0.25) is 19.7 Å².